The maximum atomic E-state index is 13.4. The van der Waals surface area contributed by atoms with Gasteiger partial charge in [-0.05, 0) is 68.7 Å². The van der Waals surface area contributed by atoms with E-state index in [9.17, 15) is 9.59 Å². The molecule has 2 atom stereocenters. The molecule has 0 saturated carbocycles. The van der Waals surface area contributed by atoms with Gasteiger partial charge in [0, 0.05) is 30.2 Å². The maximum absolute atomic E-state index is 13.4. The monoisotopic (exact) mass is 428 g/mol. The molecule has 2 aromatic rings. The van der Waals surface area contributed by atoms with E-state index in [2.05, 4.69) is 0 Å². The number of benzene rings is 2. The van der Waals surface area contributed by atoms with Gasteiger partial charge in [0.2, 0.25) is 5.91 Å². The smallest absolute Gasteiger partial charge is 0.253 e. The lowest BCUT2D eigenvalue weighted by Crippen LogP contribution is -2.47. The first-order chi connectivity index (χ1) is 14.4. The number of ether oxygens (including phenoxy) is 1. The minimum absolute atomic E-state index is 0.0481. The summed E-state index contributed by atoms with van der Waals surface area (Å²) in [4.78, 5) is 30.0. The summed E-state index contributed by atoms with van der Waals surface area (Å²) in [6, 6.07) is 14.7. The molecule has 1 aliphatic rings. The van der Waals surface area contributed by atoms with E-state index in [1.54, 1.807) is 36.3 Å². The summed E-state index contributed by atoms with van der Waals surface area (Å²) in [6.07, 6.45) is 1.62. The zero-order valence-corrected chi connectivity index (χ0v) is 18.6. The van der Waals surface area contributed by atoms with Crippen LogP contribution in [0.25, 0.3) is 0 Å². The van der Waals surface area contributed by atoms with Crippen molar-refractivity contribution in [2.45, 2.75) is 32.7 Å². The van der Waals surface area contributed by atoms with Crippen molar-refractivity contribution in [3.05, 3.63) is 64.7 Å². The molecule has 0 aromatic heterocycles. The molecule has 0 N–H and O–H groups in total. The molecular weight excluding hydrogens is 400 g/mol. The van der Waals surface area contributed by atoms with Crippen LogP contribution in [0.1, 0.15) is 48.7 Å². The highest BCUT2D eigenvalue weighted by Gasteiger charge is 2.33. The zero-order chi connectivity index (χ0) is 21.7. The van der Waals surface area contributed by atoms with E-state index in [4.69, 9.17) is 16.3 Å². The quantitative estimate of drug-likeness (QED) is 0.663. The number of carbonyl (C=O) groups excluding carboxylic acids is 2. The molecule has 1 saturated heterocycles. The maximum Gasteiger partial charge on any atom is 0.253 e. The highest BCUT2D eigenvalue weighted by molar-refractivity contribution is 6.30. The van der Waals surface area contributed by atoms with Gasteiger partial charge in [-0.3, -0.25) is 9.59 Å². The van der Waals surface area contributed by atoms with Crippen molar-refractivity contribution in [1.82, 2.24) is 9.80 Å². The van der Waals surface area contributed by atoms with Gasteiger partial charge in [0.1, 0.15) is 5.75 Å². The number of amides is 2. The van der Waals surface area contributed by atoms with Crippen molar-refractivity contribution in [3.8, 4) is 5.75 Å². The zero-order valence-electron chi connectivity index (χ0n) is 17.8. The predicted molar refractivity (Wildman–Crippen MR) is 119 cm³/mol. The first-order valence-corrected chi connectivity index (χ1v) is 10.8. The largest absolute Gasteiger partial charge is 0.497 e. The van der Waals surface area contributed by atoms with Crippen LogP contribution in [0.3, 0.4) is 0 Å². The number of piperidine rings is 1. The van der Waals surface area contributed by atoms with Crippen molar-refractivity contribution >= 4 is 23.4 Å². The normalized spacial score (nSPS) is 17.3. The van der Waals surface area contributed by atoms with E-state index in [-0.39, 0.29) is 23.8 Å². The lowest BCUT2D eigenvalue weighted by molar-refractivity contribution is -0.139. The van der Waals surface area contributed by atoms with Gasteiger partial charge in [0.15, 0.2) is 0 Å². The van der Waals surface area contributed by atoms with E-state index in [0.717, 1.165) is 24.2 Å². The van der Waals surface area contributed by atoms with Crippen molar-refractivity contribution in [2.24, 2.45) is 5.92 Å². The number of carbonyl (C=O) groups is 2. The molecule has 2 unspecified atom stereocenters. The highest BCUT2D eigenvalue weighted by atomic mass is 35.5. The molecule has 6 heteroatoms. The average molecular weight is 429 g/mol. The van der Waals surface area contributed by atoms with Crippen LogP contribution in [0, 0.1) is 5.92 Å². The molecule has 1 fully saturated rings. The van der Waals surface area contributed by atoms with E-state index in [1.807, 2.05) is 43.0 Å². The van der Waals surface area contributed by atoms with Crippen LogP contribution < -0.4 is 4.74 Å². The van der Waals surface area contributed by atoms with E-state index >= 15 is 0 Å². The number of likely N-dealkylation sites (tertiary alicyclic amines) is 1. The summed E-state index contributed by atoms with van der Waals surface area (Å²) < 4.78 is 5.33. The van der Waals surface area contributed by atoms with E-state index in [1.165, 1.54) is 0 Å². The molecule has 0 spiro atoms. The molecule has 1 heterocycles. The number of hydrogen-bond acceptors (Lipinski definition) is 3. The Balaban J connectivity index is 1.72. The Morgan fingerprint density at radius 3 is 2.63 bits per heavy atom. The Labute approximate surface area is 183 Å². The highest BCUT2D eigenvalue weighted by Crippen LogP contribution is 2.28. The van der Waals surface area contributed by atoms with Crippen molar-refractivity contribution in [1.29, 1.82) is 0 Å². The van der Waals surface area contributed by atoms with Gasteiger partial charge >= 0.3 is 0 Å². The van der Waals surface area contributed by atoms with Crippen LogP contribution in [-0.4, -0.2) is 48.4 Å². The third-order valence-corrected chi connectivity index (χ3v) is 6.07. The topological polar surface area (TPSA) is 49.9 Å². The van der Waals surface area contributed by atoms with Crippen LogP contribution in [0.2, 0.25) is 5.02 Å². The van der Waals surface area contributed by atoms with Gasteiger partial charge in [-0.25, -0.2) is 0 Å². The van der Waals surface area contributed by atoms with Crippen molar-refractivity contribution in [2.75, 3.05) is 26.7 Å². The molecule has 1 aliphatic heterocycles. The number of halogens is 1. The Morgan fingerprint density at radius 1 is 1.23 bits per heavy atom. The van der Waals surface area contributed by atoms with Gasteiger partial charge in [-0.15, -0.1) is 0 Å². The van der Waals surface area contributed by atoms with Crippen LogP contribution in [-0.2, 0) is 4.79 Å². The standard InChI is InChI=1S/C24H29ClN2O3/c1-4-27(17(2)19-7-5-9-22(15-19)30-3)24(29)20-8-6-14-26(16-20)23(28)18-10-12-21(25)13-11-18/h5,7,9-13,15,17,20H,4,6,8,14,16H2,1-3H3. The van der Waals surface area contributed by atoms with Gasteiger partial charge in [-0.2, -0.15) is 0 Å². The number of hydrogen-bond donors (Lipinski definition) is 0. The Bertz CT molecular complexity index is 884. The van der Waals surface area contributed by atoms with Crippen LogP contribution in [0.15, 0.2) is 48.5 Å². The average Bonchev–Trinajstić information content (AvgIpc) is 2.79. The van der Waals surface area contributed by atoms with Crippen LogP contribution in [0.5, 0.6) is 5.75 Å². The van der Waals surface area contributed by atoms with Gasteiger partial charge in [-0.1, -0.05) is 23.7 Å². The first kappa shape index (κ1) is 22.2. The van der Waals surface area contributed by atoms with E-state index in [0.29, 0.717) is 30.2 Å². The fourth-order valence-corrected chi connectivity index (χ4v) is 4.20. The van der Waals surface area contributed by atoms with Crippen LogP contribution in [0.4, 0.5) is 0 Å². The molecule has 0 radical (unpaired) electrons. The Morgan fingerprint density at radius 2 is 1.97 bits per heavy atom. The molecular formula is C24H29ClN2O3. The fourth-order valence-electron chi connectivity index (χ4n) is 4.07. The second-order valence-corrected chi connectivity index (χ2v) is 8.11. The Hall–Kier alpha value is -2.53. The van der Waals surface area contributed by atoms with Crippen LogP contribution >= 0.6 is 11.6 Å². The minimum atomic E-state index is -0.192. The molecule has 160 valence electrons. The van der Waals surface area contributed by atoms with Crippen molar-refractivity contribution in [3.63, 3.8) is 0 Å². The third kappa shape index (κ3) is 4.96. The van der Waals surface area contributed by atoms with Gasteiger partial charge in [0.25, 0.3) is 5.91 Å². The molecule has 30 heavy (non-hydrogen) atoms. The first-order valence-electron chi connectivity index (χ1n) is 10.4. The van der Waals surface area contributed by atoms with Gasteiger partial charge in [0.05, 0.1) is 19.1 Å². The lowest BCUT2D eigenvalue weighted by Gasteiger charge is -2.37. The molecule has 2 aromatic carbocycles. The number of nitrogens with zero attached hydrogens (tertiary/aromatic N) is 2. The summed E-state index contributed by atoms with van der Waals surface area (Å²) in [5, 5.41) is 0.600. The molecule has 5 nitrogen and oxygen atoms in total. The third-order valence-electron chi connectivity index (χ3n) is 5.82. The predicted octanol–water partition coefficient (Wildman–Crippen LogP) is 4.81. The summed E-state index contributed by atoms with van der Waals surface area (Å²) in [6.45, 7) is 5.76. The molecule has 2 amide bonds. The number of methoxy groups -OCH3 is 1. The number of rotatable bonds is 6. The lowest BCUT2D eigenvalue weighted by atomic mass is 9.94. The SMILES string of the molecule is CCN(C(=O)C1CCCN(C(=O)c2ccc(Cl)cc2)C1)C(C)c1cccc(OC)c1. The second-order valence-electron chi connectivity index (χ2n) is 7.67. The Kier molecular flexibility index (Phi) is 7.38. The van der Waals surface area contributed by atoms with E-state index < -0.39 is 0 Å². The summed E-state index contributed by atoms with van der Waals surface area (Å²) in [5.41, 5.74) is 1.64. The summed E-state index contributed by atoms with van der Waals surface area (Å²) in [5.74, 6) is 0.637. The fraction of sp³-hybridized carbons (Fsp3) is 0.417. The molecule has 0 bridgehead atoms. The van der Waals surface area contributed by atoms with Gasteiger partial charge < -0.3 is 14.5 Å². The second kappa shape index (κ2) is 9.98. The molecule has 0 aliphatic carbocycles. The minimum Gasteiger partial charge on any atom is -0.497 e. The molecule has 3 rings (SSSR count). The summed E-state index contributed by atoms with van der Waals surface area (Å²) >= 11 is 5.93. The van der Waals surface area contributed by atoms with Crippen molar-refractivity contribution < 1.29 is 14.3 Å². The summed E-state index contributed by atoms with van der Waals surface area (Å²) in [7, 11) is 1.64.